The topological polar surface area (TPSA) is 41.5 Å². The Morgan fingerprint density at radius 1 is 1.14 bits per heavy atom. The zero-order valence-corrected chi connectivity index (χ0v) is 14.3. The first-order chi connectivity index (χ1) is 10.5. The zero-order valence-electron chi connectivity index (χ0n) is 12.7. The van der Waals surface area contributed by atoms with Crippen molar-refractivity contribution in [2.24, 2.45) is 5.10 Å². The molecule has 3 nitrogen and oxygen atoms in total. The molecule has 22 heavy (non-hydrogen) atoms. The number of hydrazone groups is 1. The summed E-state index contributed by atoms with van der Waals surface area (Å²) in [5.41, 5.74) is 5.76. The Kier molecular flexibility index (Phi) is 5.90. The molecule has 0 aliphatic carbocycles. The van der Waals surface area contributed by atoms with E-state index in [0.717, 1.165) is 15.6 Å². The lowest BCUT2D eigenvalue weighted by molar-refractivity contribution is -0.120. The van der Waals surface area contributed by atoms with Gasteiger partial charge in [-0.3, -0.25) is 4.79 Å². The van der Waals surface area contributed by atoms with Crippen molar-refractivity contribution >= 4 is 28.1 Å². The number of benzene rings is 2. The number of carbonyl (C=O) groups is 1. The van der Waals surface area contributed by atoms with Crippen molar-refractivity contribution in [2.75, 3.05) is 0 Å². The van der Waals surface area contributed by atoms with Crippen molar-refractivity contribution < 1.29 is 4.79 Å². The molecule has 0 unspecified atom stereocenters. The summed E-state index contributed by atoms with van der Waals surface area (Å²) >= 11 is 3.37. The maximum absolute atomic E-state index is 11.8. The van der Waals surface area contributed by atoms with Crippen molar-refractivity contribution in [1.82, 2.24) is 5.43 Å². The molecule has 0 atom stereocenters. The van der Waals surface area contributed by atoms with E-state index in [1.165, 1.54) is 5.56 Å². The lowest BCUT2D eigenvalue weighted by atomic mass is 10.0. The van der Waals surface area contributed by atoms with Crippen LogP contribution in [0.2, 0.25) is 0 Å². The average Bonchev–Trinajstić information content (AvgIpc) is 2.50. The molecule has 0 aliphatic rings. The Hall–Kier alpha value is -1.94. The molecule has 0 aromatic heterocycles. The molecule has 2 aromatic rings. The standard InChI is InChI=1S/C18H19BrN2O/c1-13(2)16-7-3-15(4-8-16)12-20-21-18(22)11-14-5-9-17(19)10-6-14/h3-10,12-13H,11H2,1-2H3,(H,21,22)/b20-12-. The van der Waals surface area contributed by atoms with Gasteiger partial charge in [0.05, 0.1) is 12.6 Å². The quantitative estimate of drug-likeness (QED) is 0.629. The second kappa shape index (κ2) is 7.90. The molecular formula is C18H19BrN2O. The van der Waals surface area contributed by atoms with Crippen LogP contribution in [0.1, 0.15) is 36.5 Å². The molecule has 4 heteroatoms. The molecule has 0 fully saturated rings. The molecule has 2 rings (SSSR count). The van der Waals surface area contributed by atoms with Gasteiger partial charge in [-0.05, 0) is 34.7 Å². The molecule has 0 aliphatic heterocycles. The third-order valence-electron chi connectivity index (χ3n) is 3.28. The first kappa shape index (κ1) is 16.4. The van der Waals surface area contributed by atoms with Gasteiger partial charge in [-0.15, -0.1) is 0 Å². The molecule has 0 saturated carbocycles. The minimum atomic E-state index is -0.127. The largest absolute Gasteiger partial charge is 0.273 e. The van der Waals surface area contributed by atoms with E-state index in [9.17, 15) is 4.79 Å². The molecule has 0 bridgehead atoms. The number of nitrogens with one attached hydrogen (secondary N) is 1. The number of carbonyl (C=O) groups excluding carboxylic acids is 1. The molecule has 1 N–H and O–H groups in total. The third kappa shape index (κ3) is 5.11. The van der Waals surface area contributed by atoms with Crippen molar-refractivity contribution in [2.45, 2.75) is 26.2 Å². The summed E-state index contributed by atoms with van der Waals surface area (Å²) in [5, 5.41) is 4.00. The SMILES string of the molecule is CC(C)c1ccc(/C=N\NC(=O)Cc2ccc(Br)cc2)cc1. The number of nitrogens with zero attached hydrogens (tertiary/aromatic N) is 1. The molecule has 1 amide bonds. The van der Waals surface area contributed by atoms with Crippen molar-refractivity contribution in [3.8, 4) is 0 Å². The fourth-order valence-electron chi connectivity index (χ4n) is 1.97. The monoisotopic (exact) mass is 358 g/mol. The van der Waals surface area contributed by atoms with Gasteiger partial charge in [0.2, 0.25) is 5.91 Å². The number of rotatable bonds is 5. The van der Waals surface area contributed by atoms with Crippen LogP contribution in [0.25, 0.3) is 0 Å². The highest BCUT2D eigenvalue weighted by Gasteiger charge is 2.02. The van der Waals surface area contributed by atoms with Crippen molar-refractivity contribution in [3.63, 3.8) is 0 Å². The summed E-state index contributed by atoms with van der Waals surface area (Å²) in [5.74, 6) is 0.383. The smallest absolute Gasteiger partial charge is 0.244 e. The summed E-state index contributed by atoms with van der Waals surface area (Å²) in [6, 6.07) is 15.8. The van der Waals surface area contributed by atoms with E-state index in [1.807, 2.05) is 36.4 Å². The molecule has 114 valence electrons. The molecule has 0 heterocycles. The molecule has 0 radical (unpaired) electrons. The third-order valence-corrected chi connectivity index (χ3v) is 3.81. The highest BCUT2D eigenvalue weighted by Crippen LogP contribution is 2.14. The lowest BCUT2D eigenvalue weighted by Gasteiger charge is -2.04. The van der Waals surface area contributed by atoms with Gasteiger partial charge in [0.1, 0.15) is 0 Å². The van der Waals surface area contributed by atoms with Crippen molar-refractivity contribution in [3.05, 3.63) is 69.7 Å². The molecule has 0 saturated heterocycles. The Morgan fingerprint density at radius 2 is 1.77 bits per heavy atom. The van der Waals surface area contributed by atoms with Gasteiger partial charge in [0, 0.05) is 4.47 Å². The highest BCUT2D eigenvalue weighted by atomic mass is 79.9. The minimum Gasteiger partial charge on any atom is -0.273 e. The fourth-order valence-corrected chi connectivity index (χ4v) is 2.24. The van der Waals surface area contributed by atoms with Crippen LogP contribution in [-0.2, 0) is 11.2 Å². The zero-order chi connectivity index (χ0) is 15.9. The van der Waals surface area contributed by atoms with Crippen LogP contribution >= 0.6 is 15.9 Å². The summed E-state index contributed by atoms with van der Waals surface area (Å²) in [6.07, 6.45) is 1.97. The highest BCUT2D eigenvalue weighted by molar-refractivity contribution is 9.10. The van der Waals surface area contributed by atoms with Gasteiger partial charge in [-0.2, -0.15) is 5.10 Å². The van der Waals surface area contributed by atoms with E-state index < -0.39 is 0 Å². The molecule has 2 aromatic carbocycles. The predicted octanol–water partition coefficient (Wildman–Crippen LogP) is 4.27. The van der Waals surface area contributed by atoms with E-state index in [4.69, 9.17) is 0 Å². The average molecular weight is 359 g/mol. The second-order valence-electron chi connectivity index (χ2n) is 5.42. The van der Waals surface area contributed by atoms with Gasteiger partial charge in [-0.1, -0.05) is 66.2 Å². The maximum atomic E-state index is 11.8. The van der Waals surface area contributed by atoms with Crippen LogP contribution in [-0.4, -0.2) is 12.1 Å². The van der Waals surface area contributed by atoms with Crippen molar-refractivity contribution in [1.29, 1.82) is 0 Å². The number of amides is 1. The van der Waals surface area contributed by atoms with E-state index >= 15 is 0 Å². The van der Waals surface area contributed by atoms with Crippen LogP contribution in [0.15, 0.2) is 58.1 Å². The molecule has 0 spiro atoms. The van der Waals surface area contributed by atoms with Gasteiger partial charge in [0.25, 0.3) is 0 Å². The second-order valence-corrected chi connectivity index (χ2v) is 6.33. The summed E-state index contributed by atoms with van der Waals surface area (Å²) in [4.78, 5) is 11.8. The number of hydrogen-bond acceptors (Lipinski definition) is 2. The van der Waals surface area contributed by atoms with E-state index in [-0.39, 0.29) is 5.91 Å². The van der Waals surface area contributed by atoms with Gasteiger partial charge in [-0.25, -0.2) is 5.43 Å². The number of hydrogen-bond donors (Lipinski definition) is 1. The summed E-state index contributed by atoms with van der Waals surface area (Å²) in [7, 11) is 0. The van der Waals surface area contributed by atoms with E-state index in [1.54, 1.807) is 6.21 Å². The Bertz CT molecular complexity index is 646. The Balaban J connectivity index is 1.86. The Labute approximate surface area is 139 Å². The van der Waals surface area contributed by atoms with Crippen LogP contribution in [0.3, 0.4) is 0 Å². The van der Waals surface area contributed by atoms with Gasteiger partial charge >= 0.3 is 0 Å². The first-order valence-corrected chi connectivity index (χ1v) is 8.00. The minimum absolute atomic E-state index is 0.127. The summed E-state index contributed by atoms with van der Waals surface area (Å²) < 4.78 is 1.000. The maximum Gasteiger partial charge on any atom is 0.244 e. The molecular weight excluding hydrogens is 340 g/mol. The normalized spacial score (nSPS) is 11.1. The van der Waals surface area contributed by atoms with E-state index in [2.05, 4.69) is 52.4 Å². The van der Waals surface area contributed by atoms with Gasteiger partial charge < -0.3 is 0 Å². The van der Waals surface area contributed by atoms with Crippen LogP contribution in [0, 0.1) is 0 Å². The fraction of sp³-hybridized carbons (Fsp3) is 0.222. The van der Waals surface area contributed by atoms with Gasteiger partial charge in [0.15, 0.2) is 0 Å². The first-order valence-electron chi connectivity index (χ1n) is 7.21. The van der Waals surface area contributed by atoms with Crippen LogP contribution in [0.5, 0.6) is 0 Å². The number of halogens is 1. The van der Waals surface area contributed by atoms with E-state index in [0.29, 0.717) is 12.3 Å². The lowest BCUT2D eigenvalue weighted by Crippen LogP contribution is -2.19. The van der Waals surface area contributed by atoms with Crippen LogP contribution in [0.4, 0.5) is 0 Å². The Morgan fingerprint density at radius 3 is 2.36 bits per heavy atom. The van der Waals surface area contributed by atoms with Crippen LogP contribution < -0.4 is 5.43 Å². The summed E-state index contributed by atoms with van der Waals surface area (Å²) in [6.45, 7) is 4.32. The predicted molar refractivity (Wildman–Crippen MR) is 94.1 cm³/mol.